The van der Waals surface area contributed by atoms with E-state index in [1.807, 2.05) is 6.92 Å². The van der Waals surface area contributed by atoms with Gasteiger partial charge in [0.15, 0.2) is 0 Å². The monoisotopic (exact) mass is 151 g/mol. The third-order valence-electron chi connectivity index (χ3n) is 2.08. The van der Waals surface area contributed by atoms with E-state index in [9.17, 15) is 4.39 Å². The van der Waals surface area contributed by atoms with E-state index in [4.69, 9.17) is 0 Å². The van der Waals surface area contributed by atoms with E-state index in [-0.39, 0.29) is 5.82 Å². The summed E-state index contributed by atoms with van der Waals surface area (Å²) in [5.41, 5.74) is 3.26. The topological polar surface area (TPSA) is 12.0 Å². The van der Waals surface area contributed by atoms with Gasteiger partial charge in [0.2, 0.25) is 0 Å². The first-order valence-electron chi connectivity index (χ1n) is 3.80. The zero-order chi connectivity index (χ0) is 7.84. The molecule has 1 N–H and O–H groups in total. The highest BCUT2D eigenvalue weighted by Crippen LogP contribution is 2.26. The Morgan fingerprint density at radius 2 is 2.27 bits per heavy atom. The van der Waals surface area contributed by atoms with Gasteiger partial charge in [-0.25, -0.2) is 4.39 Å². The molecular weight excluding hydrogens is 141 g/mol. The molecule has 2 rings (SSSR count). The maximum atomic E-state index is 12.8. The number of benzene rings is 1. The predicted molar refractivity (Wildman–Crippen MR) is 43.3 cm³/mol. The van der Waals surface area contributed by atoms with Gasteiger partial charge in [-0.3, -0.25) is 0 Å². The summed E-state index contributed by atoms with van der Waals surface area (Å²) in [4.78, 5) is 0. The molecule has 0 saturated carbocycles. The maximum absolute atomic E-state index is 12.8. The number of halogens is 1. The zero-order valence-corrected chi connectivity index (χ0v) is 6.45. The lowest BCUT2D eigenvalue weighted by molar-refractivity contribution is 0.625. The van der Waals surface area contributed by atoms with Crippen molar-refractivity contribution in [3.63, 3.8) is 0 Å². The van der Waals surface area contributed by atoms with Crippen LogP contribution in [0.1, 0.15) is 11.1 Å². The number of hydrogen-bond donors (Lipinski definition) is 1. The highest BCUT2D eigenvalue weighted by molar-refractivity contribution is 5.60. The van der Waals surface area contributed by atoms with E-state index in [1.165, 1.54) is 0 Å². The lowest BCUT2D eigenvalue weighted by Gasteiger charge is -2.03. The van der Waals surface area contributed by atoms with Crippen LogP contribution in [0.4, 0.5) is 10.1 Å². The van der Waals surface area contributed by atoms with Crippen LogP contribution in [-0.2, 0) is 6.42 Å². The molecule has 0 spiro atoms. The largest absolute Gasteiger partial charge is 0.384 e. The Kier molecular flexibility index (Phi) is 1.34. The predicted octanol–water partition coefficient (Wildman–Crippen LogP) is 2.10. The van der Waals surface area contributed by atoms with Gasteiger partial charge in [0.1, 0.15) is 5.82 Å². The van der Waals surface area contributed by atoms with Crippen LogP contribution in [-0.4, -0.2) is 6.54 Å². The Morgan fingerprint density at radius 1 is 1.45 bits per heavy atom. The highest BCUT2D eigenvalue weighted by atomic mass is 19.1. The molecule has 58 valence electrons. The molecule has 2 heteroatoms. The molecule has 0 unspecified atom stereocenters. The van der Waals surface area contributed by atoms with Gasteiger partial charge in [-0.1, -0.05) is 0 Å². The number of hydrogen-bond acceptors (Lipinski definition) is 1. The molecular formula is C9H10FN. The van der Waals surface area contributed by atoms with Crippen LogP contribution in [0.3, 0.4) is 0 Å². The van der Waals surface area contributed by atoms with Gasteiger partial charge in [0.05, 0.1) is 0 Å². The average Bonchev–Trinajstić information content (AvgIpc) is 2.34. The molecule has 1 aliphatic heterocycles. The van der Waals surface area contributed by atoms with Crippen molar-refractivity contribution in [1.29, 1.82) is 0 Å². The van der Waals surface area contributed by atoms with Gasteiger partial charge in [-0.2, -0.15) is 0 Å². The minimum absolute atomic E-state index is 0.120. The summed E-state index contributed by atoms with van der Waals surface area (Å²) in [5.74, 6) is -0.120. The van der Waals surface area contributed by atoms with Crippen molar-refractivity contribution < 1.29 is 4.39 Å². The summed E-state index contributed by atoms with van der Waals surface area (Å²) in [6, 6.07) is 3.18. The molecule has 0 bridgehead atoms. The van der Waals surface area contributed by atoms with Crippen LogP contribution < -0.4 is 5.32 Å². The first-order valence-corrected chi connectivity index (χ1v) is 3.80. The van der Waals surface area contributed by atoms with Crippen molar-refractivity contribution in [3.05, 3.63) is 29.1 Å². The van der Waals surface area contributed by atoms with Crippen molar-refractivity contribution in [2.45, 2.75) is 13.3 Å². The van der Waals surface area contributed by atoms with Crippen LogP contribution in [0, 0.1) is 12.7 Å². The first-order chi connectivity index (χ1) is 5.27. The van der Waals surface area contributed by atoms with E-state index in [0.29, 0.717) is 0 Å². The normalized spacial score (nSPS) is 14.4. The number of aryl methyl sites for hydroxylation is 1. The van der Waals surface area contributed by atoms with Crippen LogP contribution in [0.2, 0.25) is 0 Å². The van der Waals surface area contributed by atoms with Gasteiger partial charge in [0, 0.05) is 12.2 Å². The van der Waals surface area contributed by atoms with E-state index >= 15 is 0 Å². The molecule has 0 aromatic heterocycles. The zero-order valence-electron chi connectivity index (χ0n) is 6.45. The fourth-order valence-electron chi connectivity index (χ4n) is 1.58. The summed E-state index contributed by atoms with van der Waals surface area (Å²) in [5, 5.41) is 3.23. The summed E-state index contributed by atoms with van der Waals surface area (Å²) in [7, 11) is 0. The molecule has 11 heavy (non-hydrogen) atoms. The molecule has 0 saturated heterocycles. The van der Waals surface area contributed by atoms with Gasteiger partial charge in [-0.15, -0.1) is 0 Å². The molecule has 0 aliphatic carbocycles. The van der Waals surface area contributed by atoms with E-state index in [1.54, 1.807) is 12.1 Å². The Hall–Kier alpha value is -1.05. The van der Waals surface area contributed by atoms with Gasteiger partial charge in [0.25, 0.3) is 0 Å². The Morgan fingerprint density at radius 3 is 3.09 bits per heavy atom. The molecule has 0 amide bonds. The first kappa shape index (κ1) is 6.65. The molecule has 1 aromatic rings. The van der Waals surface area contributed by atoms with E-state index in [0.717, 1.165) is 29.8 Å². The average molecular weight is 151 g/mol. The minimum atomic E-state index is -0.120. The number of fused-ring (bicyclic) bond motifs is 1. The lowest BCUT2D eigenvalue weighted by atomic mass is 10.1. The summed E-state index contributed by atoms with van der Waals surface area (Å²) >= 11 is 0. The number of rotatable bonds is 0. The van der Waals surface area contributed by atoms with Crippen molar-refractivity contribution in [3.8, 4) is 0 Å². The third-order valence-corrected chi connectivity index (χ3v) is 2.08. The summed E-state index contributed by atoms with van der Waals surface area (Å²) in [6.07, 6.45) is 0.952. The standard InChI is InChI=1S/C9H10FN/c1-6-4-8(10)5-7-2-3-11-9(6)7/h4-5,11H,2-3H2,1H3. The fourth-order valence-corrected chi connectivity index (χ4v) is 1.58. The molecule has 1 aromatic carbocycles. The van der Waals surface area contributed by atoms with Gasteiger partial charge in [-0.05, 0) is 36.6 Å². The Labute approximate surface area is 65.2 Å². The number of anilines is 1. The maximum Gasteiger partial charge on any atom is 0.123 e. The quantitative estimate of drug-likeness (QED) is 0.598. The Balaban J connectivity index is 2.60. The molecule has 0 fully saturated rings. The van der Waals surface area contributed by atoms with E-state index < -0.39 is 0 Å². The minimum Gasteiger partial charge on any atom is -0.384 e. The third kappa shape index (κ3) is 0.985. The van der Waals surface area contributed by atoms with Crippen molar-refractivity contribution >= 4 is 5.69 Å². The van der Waals surface area contributed by atoms with Crippen LogP contribution in [0.5, 0.6) is 0 Å². The second-order valence-electron chi connectivity index (χ2n) is 2.93. The van der Waals surface area contributed by atoms with Crippen LogP contribution >= 0.6 is 0 Å². The van der Waals surface area contributed by atoms with Crippen LogP contribution in [0.25, 0.3) is 0 Å². The molecule has 0 radical (unpaired) electrons. The molecule has 1 aliphatic rings. The lowest BCUT2D eigenvalue weighted by Crippen LogP contribution is -1.92. The van der Waals surface area contributed by atoms with Crippen molar-refractivity contribution in [2.24, 2.45) is 0 Å². The summed E-state index contributed by atoms with van der Waals surface area (Å²) in [6.45, 7) is 2.87. The SMILES string of the molecule is Cc1cc(F)cc2c1NCC2. The molecule has 0 atom stereocenters. The fraction of sp³-hybridized carbons (Fsp3) is 0.333. The van der Waals surface area contributed by atoms with Crippen molar-refractivity contribution in [1.82, 2.24) is 0 Å². The second-order valence-corrected chi connectivity index (χ2v) is 2.93. The Bertz CT molecular complexity index is 294. The second kappa shape index (κ2) is 2.22. The smallest absolute Gasteiger partial charge is 0.123 e. The molecule has 1 nitrogen and oxygen atoms in total. The van der Waals surface area contributed by atoms with Gasteiger partial charge >= 0.3 is 0 Å². The van der Waals surface area contributed by atoms with Crippen molar-refractivity contribution in [2.75, 3.05) is 11.9 Å². The van der Waals surface area contributed by atoms with Crippen LogP contribution in [0.15, 0.2) is 12.1 Å². The van der Waals surface area contributed by atoms with E-state index in [2.05, 4.69) is 5.32 Å². The molecule has 1 heterocycles. The van der Waals surface area contributed by atoms with Gasteiger partial charge < -0.3 is 5.32 Å². The summed E-state index contributed by atoms with van der Waals surface area (Å²) < 4.78 is 12.8. The highest BCUT2D eigenvalue weighted by Gasteiger charge is 2.12. The number of nitrogens with one attached hydrogen (secondary N) is 1.